The molecular formula is C22H24N4O4. The van der Waals surface area contributed by atoms with Gasteiger partial charge in [-0.2, -0.15) is 0 Å². The van der Waals surface area contributed by atoms with Crippen LogP contribution in [-0.4, -0.2) is 26.0 Å². The van der Waals surface area contributed by atoms with E-state index in [0.29, 0.717) is 12.1 Å². The Morgan fingerprint density at radius 2 is 2.00 bits per heavy atom. The number of nitrogens with one attached hydrogen (secondary N) is 2. The molecule has 8 nitrogen and oxygen atoms in total. The Morgan fingerprint density at radius 3 is 2.73 bits per heavy atom. The molecule has 0 radical (unpaired) electrons. The van der Waals surface area contributed by atoms with Gasteiger partial charge in [0.25, 0.3) is 11.5 Å². The number of benzene rings is 1. The monoisotopic (exact) mass is 408 g/mol. The minimum atomic E-state index is -0.630. The summed E-state index contributed by atoms with van der Waals surface area (Å²) in [7, 11) is 1.51. The first-order chi connectivity index (χ1) is 14.1. The number of amides is 1. The van der Waals surface area contributed by atoms with Gasteiger partial charge < -0.3 is 10.1 Å². The molecule has 2 aromatic heterocycles. The molecule has 1 amide bonds. The van der Waals surface area contributed by atoms with Crippen molar-refractivity contribution in [1.29, 1.82) is 0 Å². The average Bonchev–Trinajstić information content (AvgIpc) is 2.64. The molecule has 8 heteroatoms. The molecule has 0 aliphatic carbocycles. The zero-order valence-corrected chi connectivity index (χ0v) is 17.6. The van der Waals surface area contributed by atoms with E-state index in [2.05, 4.69) is 15.3 Å². The molecule has 30 heavy (non-hydrogen) atoms. The van der Waals surface area contributed by atoms with E-state index in [4.69, 9.17) is 4.74 Å². The highest BCUT2D eigenvalue weighted by Crippen LogP contribution is 2.40. The van der Waals surface area contributed by atoms with E-state index in [1.807, 2.05) is 39.0 Å². The predicted octanol–water partition coefficient (Wildman–Crippen LogP) is 2.27. The fraction of sp³-hybridized carbons (Fsp3) is 0.364. The van der Waals surface area contributed by atoms with Crippen molar-refractivity contribution in [1.82, 2.24) is 19.9 Å². The number of carbonyl (C=O) groups is 1. The van der Waals surface area contributed by atoms with Gasteiger partial charge in [-0.3, -0.25) is 19.1 Å². The van der Waals surface area contributed by atoms with Crippen molar-refractivity contribution in [2.24, 2.45) is 7.05 Å². The Bertz CT molecular complexity index is 1300. The van der Waals surface area contributed by atoms with Gasteiger partial charge in [0.15, 0.2) is 0 Å². The van der Waals surface area contributed by atoms with Gasteiger partial charge in [0.05, 0.1) is 17.0 Å². The molecule has 3 heterocycles. The predicted molar refractivity (Wildman–Crippen MR) is 113 cm³/mol. The quantitative estimate of drug-likeness (QED) is 0.677. The Balaban J connectivity index is 1.81. The van der Waals surface area contributed by atoms with Crippen molar-refractivity contribution in [3.05, 3.63) is 67.5 Å². The number of fused-ring (bicyclic) bond motifs is 2. The van der Waals surface area contributed by atoms with E-state index in [1.165, 1.54) is 11.6 Å². The number of hydrogen-bond acceptors (Lipinski definition) is 5. The Kier molecular flexibility index (Phi) is 4.52. The van der Waals surface area contributed by atoms with Crippen molar-refractivity contribution >= 4 is 16.9 Å². The van der Waals surface area contributed by atoms with Crippen LogP contribution < -0.4 is 21.3 Å². The molecule has 4 rings (SSSR count). The summed E-state index contributed by atoms with van der Waals surface area (Å²) in [5.74, 6) is 0.344. The van der Waals surface area contributed by atoms with Gasteiger partial charge in [-0.25, -0.2) is 9.78 Å². The van der Waals surface area contributed by atoms with Crippen LogP contribution in [0.25, 0.3) is 11.0 Å². The van der Waals surface area contributed by atoms with Crippen LogP contribution in [0.4, 0.5) is 0 Å². The number of aromatic amines is 1. The van der Waals surface area contributed by atoms with Crippen LogP contribution in [0.15, 0.2) is 33.9 Å². The lowest BCUT2D eigenvalue weighted by Gasteiger charge is -2.38. The van der Waals surface area contributed by atoms with E-state index in [1.54, 1.807) is 13.0 Å². The van der Waals surface area contributed by atoms with Gasteiger partial charge >= 0.3 is 5.69 Å². The molecule has 3 aromatic rings. The number of aryl methyl sites for hydroxylation is 3. The third-order valence-corrected chi connectivity index (χ3v) is 5.37. The maximum atomic E-state index is 13.3. The van der Waals surface area contributed by atoms with Crippen molar-refractivity contribution in [3.8, 4) is 5.75 Å². The largest absolute Gasteiger partial charge is 0.487 e. The standard InChI is InChI=1S/C22H24N4O4/c1-11-6-7-13-15(10-22(3,4)30-16(13)8-11)24-19(27)14-9-12(2)23-18-17(14)20(28)25-21(29)26(18)5/h6-9,15H,10H2,1-5H3,(H,24,27)(H,25,28,29)/t15-/m0/s1. The summed E-state index contributed by atoms with van der Waals surface area (Å²) in [6, 6.07) is 7.18. The molecule has 1 atom stereocenters. The van der Waals surface area contributed by atoms with E-state index < -0.39 is 22.8 Å². The summed E-state index contributed by atoms with van der Waals surface area (Å²) < 4.78 is 7.33. The van der Waals surface area contributed by atoms with Gasteiger partial charge in [0.2, 0.25) is 0 Å². The molecule has 0 bridgehead atoms. The molecular weight excluding hydrogens is 384 g/mol. The molecule has 1 aliphatic heterocycles. The van der Waals surface area contributed by atoms with Crippen LogP contribution in [0.5, 0.6) is 5.75 Å². The number of rotatable bonds is 2. The van der Waals surface area contributed by atoms with Gasteiger partial charge in [-0.1, -0.05) is 12.1 Å². The van der Waals surface area contributed by atoms with Crippen LogP contribution in [0, 0.1) is 13.8 Å². The molecule has 1 aromatic carbocycles. The highest BCUT2D eigenvalue weighted by Gasteiger charge is 2.35. The molecule has 0 spiro atoms. The highest BCUT2D eigenvalue weighted by molar-refractivity contribution is 6.05. The van der Waals surface area contributed by atoms with E-state index >= 15 is 0 Å². The van der Waals surface area contributed by atoms with Crippen LogP contribution >= 0.6 is 0 Å². The molecule has 156 valence electrons. The Morgan fingerprint density at radius 1 is 1.27 bits per heavy atom. The highest BCUT2D eigenvalue weighted by atomic mass is 16.5. The van der Waals surface area contributed by atoms with Crippen LogP contribution in [0.1, 0.15) is 53.5 Å². The fourth-order valence-corrected chi connectivity index (χ4v) is 3.97. The summed E-state index contributed by atoms with van der Waals surface area (Å²) >= 11 is 0. The topological polar surface area (TPSA) is 106 Å². The zero-order valence-electron chi connectivity index (χ0n) is 17.6. The molecule has 0 unspecified atom stereocenters. The van der Waals surface area contributed by atoms with Gasteiger partial charge in [-0.05, 0) is 45.4 Å². The van der Waals surface area contributed by atoms with E-state index in [9.17, 15) is 14.4 Å². The number of H-pyrrole nitrogens is 1. The second-order valence-corrected chi connectivity index (χ2v) is 8.46. The SMILES string of the molecule is Cc1ccc2c(c1)OC(C)(C)C[C@@H]2NC(=O)c1cc(C)nc2c1c(=O)[nH]c(=O)n2C. The smallest absolute Gasteiger partial charge is 0.329 e. The van der Waals surface area contributed by atoms with Gasteiger partial charge in [0.1, 0.15) is 17.0 Å². The van der Waals surface area contributed by atoms with Crippen LogP contribution in [0.3, 0.4) is 0 Å². The number of pyridine rings is 1. The van der Waals surface area contributed by atoms with Gasteiger partial charge in [-0.15, -0.1) is 0 Å². The first-order valence-corrected chi connectivity index (χ1v) is 9.77. The van der Waals surface area contributed by atoms with Gasteiger partial charge in [0, 0.05) is 24.7 Å². The number of carbonyl (C=O) groups excluding carboxylic acids is 1. The molecule has 0 fully saturated rings. The zero-order chi connectivity index (χ0) is 21.8. The first-order valence-electron chi connectivity index (χ1n) is 9.77. The molecule has 0 saturated carbocycles. The number of ether oxygens (including phenoxy) is 1. The third kappa shape index (κ3) is 3.38. The van der Waals surface area contributed by atoms with Crippen LogP contribution in [-0.2, 0) is 7.05 Å². The molecule has 2 N–H and O–H groups in total. The molecule has 0 saturated heterocycles. The second-order valence-electron chi connectivity index (χ2n) is 8.46. The lowest BCUT2D eigenvalue weighted by atomic mass is 9.89. The summed E-state index contributed by atoms with van der Waals surface area (Å²) in [5.41, 5.74) is 1.20. The fourth-order valence-electron chi connectivity index (χ4n) is 3.97. The average molecular weight is 408 g/mol. The van der Waals surface area contributed by atoms with Crippen LogP contribution in [0.2, 0.25) is 0 Å². The first kappa shape index (κ1) is 19.9. The normalized spacial score (nSPS) is 17.3. The number of nitrogens with zero attached hydrogens (tertiary/aromatic N) is 2. The van der Waals surface area contributed by atoms with E-state index in [-0.39, 0.29) is 22.6 Å². The summed E-state index contributed by atoms with van der Waals surface area (Å²) in [6.45, 7) is 7.66. The third-order valence-electron chi connectivity index (χ3n) is 5.37. The maximum absolute atomic E-state index is 13.3. The maximum Gasteiger partial charge on any atom is 0.329 e. The van der Waals surface area contributed by atoms with Crippen molar-refractivity contribution in [2.45, 2.75) is 45.8 Å². The second kappa shape index (κ2) is 6.83. The minimum absolute atomic E-state index is 0.0932. The lowest BCUT2D eigenvalue weighted by Crippen LogP contribution is -2.41. The molecule has 1 aliphatic rings. The Labute approximate surface area is 172 Å². The summed E-state index contributed by atoms with van der Waals surface area (Å²) in [4.78, 5) is 44.3. The Hall–Kier alpha value is -3.42. The van der Waals surface area contributed by atoms with E-state index in [0.717, 1.165) is 16.9 Å². The van der Waals surface area contributed by atoms with Crippen molar-refractivity contribution < 1.29 is 9.53 Å². The summed E-state index contributed by atoms with van der Waals surface area (Å²) in [5, 5.41) is 3.15. The van der Waals surface area contributed by atoms with Crippen molar-refractivity contribution in [2.75, 3.05) is 0 Å². The number of hydrogen-bond donors (Lipinski definition) is 2. The summed E-state index contributed by atoms with van der Waals surface area (Å²) in [6.07, 6.45) is 0.575. The minimum Gasteiger partial charge on any atom is -0.487 e. The lowest BCUT2D eigenvalue weighted by molar-refractivity contribution is 0.0619. The number of aromatic nitrogens is 3. The van der Waals surface area contributed by atoms with Crippen molar-refractivity contribution in [3.63, 3.8) is 0 Å².